The topological polar surface area (TPSA) is 31.6 Å². The van der Waals surface area contributed by atoms with E-state index in [0.29, 0.717) is 0 Å². The van der Waals surface area contributed by atoms with Crippen molar-refractivity contribution in [2.24, 2.45) is 0 Å². The molecule has 0 N–H and O–H groups in total. The lowest BCUT2D eigenvalue weighted by molar-refractivity contribution is 0.00578. The first-order valence-electron chi connectivity index (χ1n) is 12.5. The van der Waals surface area contributed by atoms with Crippen LogP contribution in [-0.2, 0) is 9.31 Å². The van der Waals surface area contributed by atoms with Crippen LogP contribution < -0.4 is 5.46 Å². The molecule has 0 spiro atoms. The summed E-state index contributed by atoms with van der Waals surface area (Å²) < 4.78 is 18.9. The molecule has 2 heterocycles. The van der Waals surface area contributed by atoms with Crippen LogP contribution in [0.4, 0.5) is 0 Å². The van der Waals surface area contributed by atoms with Gasteiger partial charge in [0.05, 0.1) is 11.2 Å². The molecule has 0 saturated carbocycles. The maximum absolute atomic E-state index is 6.35. The lowest BCUT2D eigenvalue weighted by atomic mass is 9.76. The van der Waals surface area contributed by atoms with Crippen LogP contribution in [0.5, 0.6) is 0 Å². The Kier molecular flexibility index (Phi) is 4.49. The van der Waals surface area contributed by atoms with Crippen molar-refractivity contribution in [1.29, 1.82) is 0 Å². The standard InChI is InChI=1S/C32H27BO3/c1-31(2)32(3,4)36-33(35-31)28-11-7-10-24-16-22(12-14-25(24)28)23-13-15-29-26(18-23)27-17-20-8-5-6-9-21(20)19-30(27)34-29/h5-19H,1-4H3. The van der Waals surface area contributed by atoms with E-state index in [2.05, 4.69) is 119 Å². The summed E-state index contributed by atoms with van der Waals surface area (Å²) in [6.07, 6.45) is 0. The molecule has 36 heavy (non-hydrogen) atoms. The number of hydrogen-bond acceptors (Lipinski definition) is 3. The van der Waals surface area contributed by atoms with Crippen molar-refractivity contribution >= 4 is 56.1 Å². The Morgan fingerprint density at radius 2 is 1.17 bits per heavy atom. The second-order valence-corrected chi connectivity index (χ2v) is 10.9. The number of rotatable bonds is 2. The Morgan fingerprint density at radius 1 is 0.528 bits per heavy atom. The smallest absolute Gasteiger partial charge is 0.456 e. The molecule has 1 aliphatic rings. The number of furan rings is 1. The summed E-state index contributed by atoms with van der Waals surface area (Å²) in [6, 6.07) is 32.2. The highest BCUT2D eigenvalue weighted by Crippen LogP contribution is 2.38. The van der Waals surface area contributed by atoms with Gasteiger partial charge in [-0.15, -0.1) is 0 Å². The van der Waals surface area contributed by atoms with Crippen molar-refractivity contribution in [2.45, 2.75) is 38.9 Å². The molecule has 1 saturated heterocycles. The molecule has 0 unspecified atom stereocenters. The van der Waals surface area contributed by atoms with Gasteiger partial charge in [0.15, 0.2) is 0 Å². The van der Waals surface area contributed by atoms with Crippen LogP contribution in [0.25, 0.3) is 54.6 Å². The first-order chi connectivity index (χ1) is 17.3. The van der Waals surface area contributed by atoms with Crippen LogP contribution in [0.2, 0.25) is 0 Å². The molecule has 0 radical (unpaired) electrons. The minimum Gasteiger partial charge on any atom is -0.456 e. The molecule has 1 aromatic heterocycles. The molecular weight excluding hydrogens is 443 g/mol. The fourth-order valence-corrected chi connectivity index (χ4v) is 5.31. The summed E-state index contributed by atoms with van der Waals surface area (Å²) in [5, 5.41) is 7.02. The van der Waals surface area contributed by atoms with Crippen LogP contribution in [0.3, 0.4) is 0 Å². The minimum atomic E-state index is -0.381. The van der Waals surface area contributed by atoms with Gasteiger partial charge >= 0.3 is 7.12 Å². The average molecular weight is 470 g/mol. The van der Waals surface area contributed by atoms with Crippen LogP contribution >= 0.6 is 0 Å². The summed E-state index contributed by atoms with van der Waals surface area (Å²) in [5.74, 6) is 0. The van der Waals surface area contributed by atoms with Crippen molar-refractivity contribution in [2.75, 3.05) is 0 Å². The molecule has 176 valence electrons. The zero-order valence-electron chi connectivity index (χ0n) is 21.0. The molecule has 0 aliphatic carbocycles. The zero-order valence-corrected chi connectivity index (χ0v) is 21.0. The lowest BCUT2D eigenvalue weighted by Gasteiger charge is -2.32. The van der Waals surface area contributed by atoms with Gasteiger partial charge in [0.25, 0.3) is 0 Å². The summed E-state index contributed by atoms with van der Waals surface area (Å²) in [7, 11) is -0.381. The largest absolute Gasteiger partial charge is 0.495 e. The molecule has 4 heteroatoms. The van der Waals surface area contributed by atoms with Crippen LogP contribution in [0, 0.1) is 0 Å². The van der Waals surface area contributed by atoms with Crippen molar-refractivity contribution in [3.63, 3.8) is 0 Å². The molecule has 0 amide bonds. The van der Waals surface area contributed by atoms with E-state index < -0.39 is 0 Å². The second-order valence-electron chi connectivity index (χ2n) is 10.9. The highest BCUT2D eigenvalue weighted by atomic mass is 16.7. The summed E-state index contributed by atoms with van der Waals surface area (Å²) in [6.45, 7) is 8.37. The first kappa shape index (κ1) is 21.7. The Morgan fingerprint density at radius 3 is 1.94 bits per heavy atom. The van der Waals surface area contributed by atoms with Gasteiger partial charge in [-0.2, -0.15) is 0 Å². The van der Waals surface area contributed by atoms with Gasteiger partial charge in [-0.05, 0) is 96.2 Å². The van der Waals surface area contributed by atoms with Gasteiger partial charge in [0.2, 0.25) is 0 Å². The van der Waals surface area contributed by atoms with Gasteiger partial charge in [-0.25, -0.2) is 0 Å². The van der Waals surface area contributed by atoms with E-state index in [1.807, 2.05) is 0 Å². The Bertz CT molecular complexity index is 1800. The highest BCUT2D eigenvalue weighted by molar-refractivity contribution is 6.65. The Labute approximate surface area is 210 Å². The summed E-state index contributed by atoms with van der Waals surface area (Å²) in [5.41, 5.74) is 4.51. The molecular formula is C32H27BO3. The third kappa shape index (κ3) is 3.22. The van der Waals surface area contributed by atoms with E-state index in [1.165, 1.54) is 27.3 Å². The molecule has 7 rings (SSSR count). The van der Waals surface area contributed by atoms with Gasteiger partial charge in [0, 0.05) is 10.8 Å². The van der Waals surface area contributed by atoms with Crippen LogP contribution in [-0.4, -0.2) is 18.3 Å². The fourth-order valence-electron chi connectivity index (χ4n) is 5.31. The molecule has 1 fully saturated rings. The normalized spacial score (nSPS) is 17.1. The maximum Gasteiger partial charge on any atom is 0.495 e. The minimum absolute atomic E-state index is 0.367. The first-order valence-corrected chi connectivity index (χ1v) is 12.5. The van der Waals surface area contributed by atoms with Gasteiger partial charge in [-0.3, -0.25) is 0 Å². The van der Waals surface area contributed by atoms with Gasteiger partial charge in [0.1, 0.15) is 11.2 Å². The van der Waals surface area contributed by atoms with E-state index in [0.717, 1.165) is 32.8 Å². The highest BCUT2D eigenvalue weighted by Gasteiger charge is 2.52. The molecule has 1 aliphatic heterocycles. The predicted octanol–water partition coefficient (Wildman–Crippen LogP) is 7.86. The predicted molar refractivity (Wildman–Crippen MR) is 150 cm³/mol. The monoisotopic (exact) mass is 470 g/mol. The Balaban J connectivity index is 1.32. The van der Waals surface area contributed by atoms with Crippen LogP contribution in [0.1, 0.15) is 27.7 Å². The van der Waals surface area contributed by atoms with E-state index >= 15 is 0 Å². The van der Waals surface area contributed by atoms with Crippen molar-refractivity contribution < 1.29 is 13.7 Å². The van der Waals surface area contributed by atoms with E-state index in [1.54, 1.807) is 0 Å². The van der Waals surface area contributed by atoms with Crippen molar-refractivity contribution in [1.82, 2.24) is 0 Å². The summed E-state index contributed by atoms with van der Waals surface area (Å²) >= 11 is 0. The lowest BCUT2D eigenvalue weighted by Crippen LogP contribution is -2.41. The number of fused-ring (bicyclic) bond motifs is 5. The van der Waals surface area contributed by atoms with Gasteiger partial charge in [-0.1, -0.05) is 60.7 Å². The van der Waals surface area contributed by atoms with Gasteiger partial charge < -0.3 is 13.7 Å². The summed E-state index contributed by atoms with van der Waals surface area (Å²) in [4.78, 5) is 0. The Hall–Kier alpha value is -3.60. The van der Waals surface area contributed by atoms with E-state index in [-0.39, 0.29) is 18.3 Å². The molecule has 0 atom stereocenters. The molecule has 5 aromatic carbocycles. The average Bonchev–Trinajstić information content (AvgIpc) is 3.33. The number of hydrogen-bond donors (Lipinski definition) is 0. The van der Waals surface area contributed by atoms with E-state index in [9.17, 15) is 0 Å². The quantitative estimate of drug-likeness (QED) is 0.242. The second kappa shape index (κ2) is 7.46. The fraction of sp³-hybridized carbons (Fsp3) is 0.188. The van der Waals surface area contributed by atoms with Crippen molar-refractivity contribution in [3.05, 3.63) is 91.0 Å². The SMILES string of the molecule is CC1(C)OB(c2cccc3cc(-c4ccc5oc6cc7ccccc7cc6c5c4)ccc23)OC1(C)C. The van der Waals surface area contributed by atoms with E-state index in [4.69, 9.17) is 13.7 Å². The molecule has 0 bridgehead atoms. The molecule has 3 nitrogen and oxygen atoms in total. The third-order valence-electron chi connectivity index (χ3n) is 8.09. The van der Waals surface area contributed by atoms with Crippen LogP contribution in [0.15, 0.2) is 95.4 Å². The molecule has 6 aromatic rings. The third-order valence-corrected chi connectivity index (χ3v) is 8.09. The maximum atomic E-state index is 6.35. The number of benzene rings is 5. The van der Waals surface area contributed by atoms with Crippen molar-refractivity contribution in [3.8, 4) is 11.1 Å². The zero-order chi connectivity index (χ0) is 24.7.